The number of nitrogens with one attached hydrogen (secondary N) is 2. The summed E-state index contributed by atoms with van der Waals surface area (Å²) in [5, 5.41) is 6.09. The molecule has 2 N–H and O–H groups in total. The monoisotopic (exact) mass is 453 g/mol. The number of hydrogen-bond acceptors (Lipinski definition) is 5. The first-order valence-electron chi connectivity index (χ1n) is 10.1. The van der Waals surface area contributed by atoms with Gasteiger partial charge in [0, 0.05) is 19.8 Å². The summed E-state index contributed by atoms with van der Waals surface area (Å²) in [5.41, 5.74) is 2.58. The summed E-state index contributed by atoms with van der Waals surface area (Å²) >= 11 is 6.22. The van der Waals surface area contributed by atoms with Gasteiger partial charge in [0.2, 0.25) is 5.91 Å². The summed E-state index contributed by atoms with van der Waals surface area (Å²) in [5.74, 6) is -0.294. The predicted octanol–water partition coefficient (Wildman–Crippen LogP) is 3.94. The van der Waals surface area contributed by atoms with Crippen molar-refractivity contribution in [3.05, 3.63) is 70.3 Å². The van der Waals surface area contributed by atoms with Crippen LogP contribution in [0, 0.1) is 5.82 Å². The molecule has 1 aromatic carbocycles. The maximum atomic E-state index is 14.5. The minimum absolute atomic E-state index is 0.00467. The Morgan fingerprint density at radius 1 is 1.28 bits per heavy atom. The van der Waals surface area contributed by atoms with Crippen molar-refractivity contribution in [2.75, 3.05) is 18.9 Å². The lowest BCUT2D eigenvalue weighted by molar-refractivity contribution is -0.128. The van der Waals surface area contributed by atoms with Crippen molar-refractivity contribution in [1.82, 2.24) is 20.2 Å². The largest absolute Gasteiger partial charge is 0.346 e. The van der Waals surface area contributed by atoms with Crippen LogP contribution in [0.2, 0.25) is 5.02 Å². The molecule has 2 amide bonds. The van der Waals surface area contributed by atoms with Crippen molar-refractivity contribution in [2.24, 2.45) is 0 Å². The number of aromatic nitrogens is 2. The zero-order chi connectivity index (χ0) is 22.8. The van der Waals surface area contributed by atoms with Crippen LogP contribution >= 0.6 is 11.6 Å². The van der Waals surface area contributed by atoms with E-state index in [9.17, 15) is 14.0 Å². The fourth-order valence-corrected chi connectivity index (χ4v) is 3.69. The van der Waals surface area contributed by atoms with Crippen LogP contribution in [0.1, 0.15) is 28.5 Å². The Bertz CT molecular complexity index is 1180. The van der Waals surface area contributed by atoms with E-state index in [4.69, 9.17) is 11.6 Å². The second-order valence-corrected chi connectivity index (χ2v) is 7.82. The molecule has 0 atom stereocenters. The summed E-state index contributed by atoms with van der Waals surface area (Å²) in [7, 11) is 1.75. The minimum Gasteiger partial charge on any atom is -0.346 e. The molecule has 0 saturated heterocycles. The molecule has 7 nitrogen and oxygen atoms in total. The first kappa shape index (κ1) is 21.7. The van der Waals surface area contributed by atoms with Crippen molar-refractivity contribution in [3.8, 4) is 11.3 Å². The van der Waals surface area contributed by atoms with Crippen LogP contribution in [0.5, 0.6) is 0 Å². The number of halogens is 2. The summed E-state index contributed by atoms with van der Waals surface area (Å²) in [4.78, 5) is 34.9. The molecule has 9 heteroatoms. The van der Waals surface area contributed by atoms with Gasteiger partial charge >= 0.3 is 0 Å². The molecule has 164 valence electrons. The van der Waals surface area contributed by atoms with Gasteiger partial charge in [-0.3, -0.25) is 9.59 Å². The van der Waals surface area contributed by atoms with E-state index in [1.54, 1.807) is 42.4 Å². The lowest BCUT2D eigenvalue weighted by atomic mass is 10.1. The molecule has 0 radical (unpaired) electrons. The number of anilines is 2. The maximum absolute atomic E-state index is 14.5. The van der Waals surface area contributed by atoms with E-state index in [-0.39, 0.29) is 35.4 Å². The van der Waals surface area contributed by atoms with Gasteiger partial charge in [0.1, 0.15) is 11.6 Å². The Morgan fingerprint density at radius 2 is 2.09 bits per heavy atom. The van der Waals surface area contributed by atoms with E-state index in [1.807, 2.05) is 6.92 Å². The third-order valence-electron chi connectivity index (χ3n) is 5.30. The number of amides is 2. The van der Waals surface area contributed by atoms with Gasteiger partial charge < -0.3 is 15.5 Å². The van der Waals surface area contributed by atoms with E-state index >= 15 is 0 Å². The van der Waals surface area contributed by atoms with Crippen molar-refractivity contribution >= 4 is 34.9 Å². The van der Waals surface area contributed by atoms with Crippen LogP contribution in [-0.4, -0.2) is 40.3 Å². The quantitative estimate of drug-likeness (QED) is 0.590. The standard InChI is InChI=1S/C23H21ClFN5O2/c1-3-30(2)20(31)9-13-7-8-19(26-11-13)29-17-10-16(21-14(24)5-4-6-15(21)25)28-18-12-27-23(32)22(17)18/h4-8,10-11H,3,9,12H2,1-2H3,(H,27,32)(H,26,28,29). The number of nitrogens with zero attached hydrogens (tertiary/aromatic N) is 3. The highest BCUT2D eigenvalue weighted by Crippen LogP contribution is 2.35. The molecule has 0 unspecified atom stereocenters. The summed E-state index contributed by atoms with van der Waals surface area (Å²) in [6.07, 6.45) is 1.86. The summed E-state index contributed by atoms with van der Waals surface area (Å²) in [6, 6.07) is 9.53. The number of benzene rings is 1. The van der Waals surface area contributed by atoms with Crippen LogP contribution in [0.3, 0.4) is 0 Å². The number of hydrogen-bond donors (Lipinski definition) is 2. The molecule has 1 aliphatic rings. The Kier molecular flexibility index (Phi) is 6.05. The van der Waals surface area contributed by atoms with Crippen molar-refractivity contribution in [1.29, 1.82) is 0 Å². The molecular weight excluding hydrogens is 433 g/mol. The highest BCUT2D eigenvalue weighted by atomic mass is 35.5. The van der Waals surface area contributed by atoms with Gasteiger partial charge in [-0.2, -0.15) is 0 Å². The summed E-state index contributed by atoms with van der Waals surface area (Å²) in [6.45, 7) is 2.78. The molecule has 32 heavy (non-hydrogen) atoms. The Hall–Kier alpha value is -3.52. The average molecular weight is 454 g/mol. The van der Waals surface area contributed by atoms with Crippen LogP contribution < -0.4 is 10.6 Å². The number of carbonyl (C=O) groups excluding carboxylic acids is 2. The number of rotatable bonds is 6. The van der Waals surface area contributed by atoms with Gasteiger partial charge in [-0.1, -0.05) is 23.7 Å². The third kappa shape index (κ3) is 4.27. The van der Waals surface area contributed by atoms with E-state index < -0.39 is 5.82 Å². The van der Waals surface area contributed by atoms with E-state index in [2.05, 4.69) is 20.6 Å². The normalized spacial score (nSPS) is 12.3. The first-order valence-corrected chi connectivity index (χ1v) is 10.5. The van der Waals surface area contributed by atoms with E-state index in [0.29, 0.717) is 35.0 Å². The molecule has 1 aliphatic heterocycles. The average Bonchev–Trinajstić information content (AvgIpc) is 3.15. The molecule has 0 saturated carbocycles. The van der Waals surface area contributed by atoms with Crippen molar-refractivity contribution in [2.45, 2.75) is 19.9 Å². The lowest BCUT2D eigenvalue weighted by Gasteiger charge is -2.15. The van der Waals surface area contributed by atoms with Gasteiger partial charge in [0.05, 0.1) is 46.2 Å². The van der Waals surface area contributed by atoms with Gasteiger partial charge in [-0.05, 0) is 36.8 Å². The molecule has 2 aromatic heterocycles. The Labute approximate surface area is 189 Å². The molecule has 0 fully saturated rings. The van der Waals surface area contributed by atoms with Crippen LogP contribution in [0.15, 0.2) is 42.6 Å². The number of fused-ring (bicyclic) bond motifs is 1. The Morgan fingerprint density at radius 3 is 2.78 bits per heavy atom. The van der Waals surface area contributed by atoms with Crippen molar-refractivity contribution < 1.29 is 14.0 Å². The van der Waals surface area contributed by atoms with Crippen LogP contribution in [0.25, 0.3) is 11.3 Å². The fraction of sp³-hybridized carbons (Fsp3) is 0.217. The van der Waals surface area contributed by atoms with Gasteiger partial charge in [0.25, 0.3) is 5.91 Å². The van der Waals surface area contributed by atoms with Gasteiger partial charge in [-0.15, -0.1) is 0 Å². The molecule has 4 rings (SSSR count). The number of carbonyl (C=O) groups is 2. The predicted molar refractivity (Wildman–Crippen MR) is 120 cm³/mol. The maximum Gasteiger partial charge on any atom is 0.255 e. The van der Waals surface area contributed by atoms with E-state index in [0.717, 1.165) is 5.56 Å². The lowest BCUT2D eigenvalue weighted by Crippen LogP contribution is -2.27. The zero-order valence-electron chi connectivity index (χ0n) is 17.6. The Balaban J connectivity index is 1.66. The van der Waals surface area contributed by atoms with Crippen LogP contribution in [-0.2, 0) is 17.8 Å². The highest BCUT2D eigenvalue weighted by molar-refractivity contribution is 6.33. The highest BCUT2D eigenvalue weighted by Gasteiger charge is 2.27. The SMILES string of the molecule is CCN(C)C(=O)Cc1ccc(Nc2cc(-c3c(F)cccc3Cl)nc3c2C(=O)NC3)nc1. The molecule has 0 aliphatic carbocycles. The molecule has 3 aromatic rings. The number of likely N-dealkylation sites (N-methyl/N-ethyl adjacent to an activating group) is 1. The van der Waals surface area contributed by atoms with Gasteiger partial charge in [0.15, 0.2) is 0 Å². The van der Waals surface area contributed by atoms with E-state index in [1.165, 1.54) is 12.1 Å². The zero-order valence-corrected chi connectivity index (χ0v) is 18.3. The fourth-order valence-electron chi connectivity index (χ4n) is 3.43. The molecule has 3 heterocycles. The number of pyridine rings is 2. The molecule has 0 spiro atoms. The topological polar surface area (TPSA) is 87.2 Å². The second-order valence-electron chi connectivity index (χ2n) is 7.42. The first-order chi connectivity index (χ1) is 15.4. The molecular formula is C23H21ClFN5O2. The minimum atomic E-state index is -0.502. The van der Waals surface area contributed by atoms with Gasteiger partial charge in [-0.25, -0.2) is 14.4 Å². The third-order valence-corrected chi connectivity index (χ3v) is 5.61. The second kappa shape index (κ2) is 8.92. The summed E-state index contributed by atoms with van der Waals surface area (Å²) < 4.78 is 14.5. The smallest absolute Gasteiger partial charge is 0.255 e. The van der Waals surface area contributed by atoms with Crippen molar-refractivity contribution in [3.63, 3.8) is 0 Å². The molecule has 0 bridgehead atoms. The van der Waals surface area contributed by atoms with Crippen LogP contribution in [0.4, 0.5) is 15.9 Å².